The maximum Gasteiger partial charge on any atom is 0.101 e. The van der Waals surface area contributed by atoms with E-state index in [1.54, 1.807) is 0 Å². The van der Waals surface area contributed by atoms with Crippen molar-refractivity contribution in [2.75, 3.05) is 0 Å². The predicted octanol–water partition coefficient (Wildman–Crippen LogP) is 3.48. The molecule has 0 bridgehead atoms. The second-order valence-electron chi connectivity index (χ2n) is 4.38. The Hall–Kier alpha value is -2.55. The summed E-state index contributed by atoms with van der Waals surface area (Å²) in [6, 6.07) is 16.5. The number of rotatable bonds is 1. The van der Waals surface area contributed by atoms with Crippen LogP contribution in [0.5, 0.6) is 0 Å². The van der Waals surface area contributed by atoms with E-state index in [0.29, 0.717) is 0 Å². The number of fused-ring (bicyclic) bond motifs is 2. The van der Waals surface area contributed by atoms with Gasteiger partial charge in [-0.1, -0.05) is 24.3 Å². The molecule has 0 amide bonds. The highest BCUT2D eigenvalue weighted by Gasteiger charge is 2.09. The van der Waals surface area contributed by atoms with Gasteiger partial charge in [0.2, 0.25) is 0 Å². The molecule has 18 heavy (non-hydrogen) atoms. The third kappa shape index (κ3) is 1.27. The van der Waals surface area contributed by atoms with E-state index in [1.165, 1.54) is 5.52 Å². The van der Waals surface area contributed by atoms with Gasteiger partial charge in [0.15, 0.2) is 0 Å². The van der Waals surface area contributed by atoms with Gasteiger partial charge < -0.3 is 4.40 Å². The molecular weight excluding hydrogens is 222 g/mol. The standard InChI is InChI=1S/C15H11N3/c1-2-7-14-13(6-1)15(17-16-14)11-9-12-5-3-4-8-18(12)10-11/h1-10H,(H,16,17). The number of aromatic nitrogens is 3. The fraction of sp³-hybridized carbons (Fsp3) is 0. The average molecular weight is 233 g/mol. The van der Waals surface area contributed by atoms with Crippen molar-refractivity contribution >= 4 is 16.4 Å². The van der Waals surface area contributed by atoms with Gasteiger partial charge in [-0.2, -0.15) is 5.10 Å². The molecule has 1 aromatic carbocycles. The molecule has 1 N–H and O–H groups in total. The summed E-state index contributed by atoms with van der Waals surface area (Å²) in [6.07, 6.45) is 4.16. The Morgan fingerprint density at radius 3 is 2.83 bits per heavy atom. The number of hydrogen-bond donors (Lipinski definition) is 1. The highest BCUT2D eigenvalue weighted by molar-refractivity contribution is 5.93. The number of nitrogens with one attached hydrogen (secondary N) is 1. The molecular formula is C15H11N3. The SMILES string of the molecule is c1ccc2c(-c3cc4ccccn4c3)n[nH]c2c1. The Balaban J connectivity index is 2.01. The Morgan fingerprint density at radius 2 is 1.89 bits per heavy atom. The molecule has 4 rings (SSSR count). The van der Waals surface area contributed by atoms with Crippen LogP contribution in [0.3, 0.4) is 0 Å². The van der Waals surface area contributed by atoms with Crippen LogP contribution in [0.2, 0.25) is 0 Å². The van der Waals surface area contributed by atoms with E-state index in [1.807, 2.05) is 36.5 Å². The summed E-state index contributed by atoms with van der Waals surface area (Å²) >= 11 is 0. The highest BCUT2D eigenvalue weighted by atomic mass is 15.1. The molecule has 0 saturated carbocycles. The third-order valence-corrected chi connectivity index (χ3v) is 3.25. The van der Waals surface area contributed by atoms with E-state index < -0.39 is 0 Å². The summed E-state index contributed by atoms with van der Waals surface area (Å²) in [5.41, 5.74) is 4.40. The summed E-state index contributed by atoms with van der Waals surface area (Å²) in [5, 5.41) is 8.65. The van der Waals surface area contributed by atoms with Gasteiger partial charge in [-0.25, -0.2) is 0 Å². The van der Waals surface area contributed by atoms with E-state index in [-0.39, 0.29) is 0 Å². The van der Waals surface area contributed by atoms with Gasteiger partial charge in [0, 0.05) is 28.9 Å². The summed E-state index contributed by atoms with van der Waals surface area (Å²) in [5.74, 6) is 0. The second kappa shape index (κ2) is 3.47. The summed E-state index contributed by atoms with van der Waals surface area (Å²) in [6.45, 7) is 0. The molecule has 0 aliphatic heterocycles. The number of nitrogens with zero attached hydrogens (tertiary/aromatic N) is 2. The molecule has 0 aliphatic carbocycles. The van der Waals surface area contributed by atoms with Crippen molar-refractivity contribution in [1.29, 1.82) is 0 Å². The normalized spacial score (nSPS) is 11.3. The maximum absolute atomic E-state index is 4.42. The summed E-state index contributed by atoms with van der Waals surface area (Å²) < 4.78 is 2.11. The molecule has 3 aromatic heterocycles. The number of benzene rings is 1. The number of H-pyrrole nitrogens is 1. The Labute approximate surface area is 104 Å². The van der Waals surface area contributed by atoms with Crippen LogP contribution < -0.4 is 0 Å². The van der Waals surface area contributed by atoms with Gasteiger partial charge in [0.05, 0.1) is 5.52 Å². The molecule has 0 fully saturated rings. The average Bonchev–Trinajstić information content (AvgIpc) is 3.02. The lowest BCUT2D eigenvalue weighted by Gasteiger charge is -1.91. The topological polar surface area (TPSA) is 33.1 Å². The van der Waals surface area contributed by atoms with Crippen molar-refractivity contribution in [2.45, 2.75) is 0 Å². The Bertz CT molecular complexity index is 806. The lowest BCUT2D eigenvalue weighted by Crippen LogP contribution is -1.77. The molecule has 0 radical (unpaired) electrons. The molecule has 3 heteroatoms. The van der Waals surface area contributed by atoms with E-state index in [0.717, 1.165) is 22.2 Å². The zero-order valence-corrected chi connectivity index (χ0v) is 9.67. The first kappa shape index (κ1) is 9.48. The number of para-hydroxylation sites is 1. The molecule has 0 unspecified atom stereocenters. The van der Waals surface area contributed by atoms with Gasteiger partial charge in [0.25, 0.3) is 0 Å². The van der Waals surface area contributed by atoms with Crippen molar-refractivity contribution in [1.82, 2.24) is 14.6 Å². The Morgan fingerprint density at radius 1 is 1.00 bits per heavy atom. The van der Waals surface area contributed by atoms with Gasteiger partial charge in [-0.05, 0) is 24.3 Å². The Kier molecular flexibility index (Phi) is 1.83. The fourth-order valence-corrected chi connectivity index (χ4v) is 2.37. The van der Waals surface area contributed by atoms with Crippen molar-refractivity contribution in [3.63, 3.8) is 0 Å². The van der Waals surface area contributed by atoms with Crippen LogP contribution in [-0.4, -0.2) is 14.6 Å². The van der Waals surface area contributed by atoms with E-state index in [2.05, 4.69) is 39.0 Å². The minimum atomic E-state index is 1.01. The van der Waals surface area contributed by atoms with Crippen LogP contribution in [-0.2, 0) is 0 Å². The first-order chi connectivity index (χ1) is 8.92. The quantitative estimate of drug-likeness (QED) is 0.536. The predicted molar refractivity (Wildman–Crippen MR) is 72.5 cm³/mol. The molecule has 4 aromatic rings. The highest BCUT2D eigenvalue weighted by Crippen LogP contribution is 2.27. The molecule has 3 heterocycles. The van der Waals surface area contributed by atoms with Gasteiger partial charge in [0.1, 0.15) is 5.69 Å². The van der Waals surface area contributed by atoms with Gasteiger partial charge in [-0.3, -0.25) is 5.10 Å². The number of pyridine rings is 1. The van der Waals surface area contributed by atoms with Crippen molar-refractivity contribution in [3.05, 3.63) is 60.9 Å². The zero-order valence-electron chi connectivity index (χ0n) is 9.67. The first-order valence-electron chi connectivity index (χ1n) is 5.92. The molecule has 0 atom stereocenters. The van der Waals surface area contributed by atoms with Crippen LogP contribution in [0, 0.1) is 0 Å². The minimum absolute atomic E-state index is 1.01. The van der Waals surface area contributed by atoms with Crippen LogP contribution in [0.25, 0.3) is 27.7 Å². The van der Waals surface area contributed by atoms with E-state index in [4.69, 9.17) is 0 Å². The largest absolute Gasteiger partial charge is 0.323 e. The lowest BCUT2D eigenvalue weighted by molar-refractivity contribution is 1.12. The first-order valence-corrected chi connectivity index (χ1v) is 5.92. The fourth-order valence-electron chi connectivity index (χ4n) is 2.37. The smallest absolute Gasteiger partial charge is 0.101 e. The van der Waals surface area contributed by atoms with Crippen LogP contribution >= 0.6 is 0 Å². The second-order valence-corrected chi connectivity index (χ2v) is 4.38. The number of aromatic amines is 1. The zero-order chi connectivity index (χ0) is 11.9. The van der Waals surface area contributed by atoms with Crippen molar-refractivity contribution in [2.24, 2.45) is 0 Å². The molecule has 3 nitrogen and oxygen atoms in total. The van der Waals surface area contributed by atoms with Gasteiger partial charge in [-0.15, -0.1) is 0 Å². The van der Waals surface area contributed by atoms with Crippen LogP contribution in [0.15, 0.2) is 60.9 Å². The van der Waals surface area contributed by atoms with Gasteiger partial charge >= 0.3 is 0 Å². The molecule has 0 saturated heterocycles. The number of hydrogen-bond acceptors (Lipinski definition) is 1. The monoisotopic (exact) mass is 233 g/mol. The molecule has 0 spiro atoms. The van der Waals surface area contributed by atoms with E-state index >= 15 is 0 Å². The minimum Gasteiger partial charge on any atom is -0.323 e. The van der Waals surface area contributed by atoms with E-state index in [9.17, 15) is 0 Å². The summed E-state index contributed by atoms with van der Waals surface area (Å²) in [4.78, 5) is 0. The molecule has 86 valence electrons. The van der Waals surface area contributed by atoms with Crippen LogP contribution in [0.1, 0.15) is 0 Å². The van der Waals surface area contributed by atoms with Crippen molar-refractivity contribution < 1.29 is 0 Å². The maximum atomic E-state index is 4.42. The summed E-state index contributed by atoms with van der Waals surface area (Å²) in [7, 11) is 0. The third-order valence-electron chi connectivity index (χ3n) is 3.25. The molecule has 0 aliphatic rings. The van der Waals surface area contributed by atoms with Crippen LogP contribution in [0.4, 0.5) is 0 Å². The van der Waals surface area contributed by atoms with Crippen molar-refractivity contribution in [3.8, 4) is 11.3 Å². The lowest BCUT2D eigenvalue weighted by atomic mass is 10.1.